The van der Waals surface area contributed by atoms with Crippen molar-refractivity contribution >= 4 is 5.91 Å². The van der Waals surface area contributed by atoms with Gasteiger partial charge in [-0.15, -0.1) is 10.2 Å². The van der Waals surface area contributed by atoms with Gasteiger partial charge in [0.2, 0.25) is 5.89 Å². The molecule has 0 saturated carbocycles. The average molecular weight is 375 g/mol. The Hall–Kier alpha value is -3.09. The predicted molar refractivity (Wildman–Crippen MR) is 102 cm³/mol. The molecule has 1 saturated heterocycles. The van der Waals surface area contributed by atoms with Crippen LogP contribution in [0.4, 0.5) is 0 Å². The van der Waals surface area contributed by atoms with Gasteiger partial charge in [0.15, 0.2) is 5.82 Å². The summed E-state index contributed by atoms with van der Waals surface area (Å²) in [5.74, 6) is 1.03. The van der Waals surface area contributed by atoms with Gasteiger partial charge in [-0.2, -0.15) is 0 Å². The highest BCUT2D eigenvalue weighted by Gasteiger charge is 2.45. The fraction of sp³-hybridized carbons (Fsp3) is 0.381. The maximum atomic E-state index is 12.9. The number of aromatic nitrogens is 4. The van der Waals surface area contributed by atoms with Gasteiger partial charge in [0.1, 0.15) is 0 Å². The summed E-state index contributed by atoms with van der Waals surface area (Å²) in [6, 6.07) is 10.0. The van der Waals surface area contributed by atoms with E-state index in [1.807, 2.05) is 41.4 Å². The molecular formula is C21H21N5O2. The maximum Gasteiger partial charge on any atom is 0.311 e. The molecule has 1 aliphatic heterocycles. The van der Waals surface area contributed by atoms with Crippen molar-refractivity contribution in [2.24, 2.45) is 0 Å². The monoisotopic (exact) mass is 375 g/mol. The number of likely N-dealkylation sites (tertiary alicyclic amines) is 1. The Bertz CT molecular complexity index is 1030. The molecule has 7 nitrogen and oxygen atoms in total. The Labute approximate surface area is 162 Å². The van der Waals surface area contributed by atoms with Crippen molar-refractivity contribution in [3.63, 3.8) is 0 Å². The quantitative estimate of drug-likeness (QED) is 0.685. The number of rotatable bonds is 2. The number of hydrogen-bond donors (Lipinski definition) is 0. The molecule has 0 N–H and O–H groups in total. The van der Waals surface area contributed by atoms with Crippen molar-refractivity contribution in [3.05, 3.63) is 59.6 Å². The summed E-state index contributed by atoms with van der Waals surface area (Å²) >= 11 is 0. The van der Waals surface area contributed by atoms with Crippen molar-refractivity contribution < 1.29 is 9.21 Å². The third kappa shape index (κ3) is 2.78. The van der Waals surface area contributed by atoms with Gasteiger partial charge >= 0.3 is 11.8 Å². The van der Waals surface area contributed by atoms with E-state index in [0.29, 0.717) is 19.0 Å². The first-order valence-electron chi connectivity index (χ1n) is 9.66. The third-order valence-electron chi connectivity index (χ3n) is 5.84. The molecule has 7 heteroatoms. The Morgan fingerprint density at radius 1 is 1.18 bits per heavy atom. The van der Waals surface area contributed by atoms with Gasteiger partial charge in [0.25, 0.3) is 0 Å². The smallest absolute Gasteiger partial charge is 0.311 e. The number of hydrogen-bond acceptors (Lipinski definition) is 6. The molecule has 3 aromatic rings. The average Bonchev–Trinajstić information content (AvgIpc) is 3.32. The Kier molecular flexibility index (Phi) is 3.96. The van der Waals surface area contributed by atoms with Crippen molar-refractivity contribution in [2.45, 2.75) is 38.0 Å². The second-order valence-electron chi connectivity index (χ2n) is 7.67. The van der Waals surface area contributed by atoms with E-state index < -0.39 is 0 Å². The van der Waals surface area contributed by atoms with Gasteiger partial charge in [-0.3, -0.25) is 4.79 Å². The second kappa shape index (κ2) is 6.51. The lowest BCUT2D eigenvalue weighted by atomic mass is 9.77. The largest absolute Gasteiger partial charge is 0.417 e. The van der Waals surface area contributed by atoms with Crippen LogP contribution in [-0.2, 0) is 11.8 Å². The first kappa shape index (κ1) is 17.0. The SMILES string of the molecule is Cc1nnc(C(=O)N2CCCC3(CCc4cnc(-c5ccccc5)nc43)C2)o1. The fourth-order valence-corrected chi connectivity index (χ4v) is 4.49. The lowest BCUT2D eigenvalue weighted by Crippen LogP contribution is -2.48. The number of benzene rings is 1. The van der Waals surface area contributed by atoms with Gasteiger partial charge in [-0.1, -0.05) is 30.3 Å². The van der Waals surface area contributed by atoms with E-state index in [0.717, 1.165) is 42.8 Å². The maximum absolute atomic E-state index is 12.9. The summed E-state index contributed by atoms with van der Waals surface area (Å²) in [5, 5.41) is 7.69. The highest BCUT2D eigenvalue weighted by atomic mass is 16.4. The molecule has 28 heavy (non-hydrogen) atoms. The number of carbonyl (C=O) groups is 1. The normalized spacial score (nSPS) is 21.1. The molecule has 3 heterocycles. The van der Waals surface area contributed by atoms with Crippen LogP contribution in [0.2, 0.25) is 0 Å². The standard InChI is InChI=1S/C21H21N5O2/c1-14-24-25-19(28-14)20(27)26-11-5-9-21(13-26)10-8-16-12-22-18(23-17(16)21)15-6-3-2-4-7-15/h2-4,6-7,12H,5,8-11,13H2,1H3. The molecule has 1 aromatic carbocycles. The lowest BCUT2D eigenvalue weighted by Gasteiger charge is -2.40. The van der Waals surface area contributed by atoms with Crippen LogP contribution in [0.1, 0.15) is 47.1 Å². The van der Waals surface area contributed by atoms with Crippen LogP contribution in [0.15, 0.2) is 40.9 Å². The van der Waals surface area contributed by atoms with Gasteiger partial charge < -0.3 is 9.32 Å². The van der Waals surface area contributed by atoms with Crippen LogP contribution < -0.4 is 0 Å². The third-order valence-corrected chi connectivity index (χ3v) is 5.84. The van der Waals surface area contributed by atoms with Crippen molar-refractivity contribution in [3.8, 4) is 11.4 Å². The molecule has 1 atom stereocenters. The number of fused-ring (bicyclic) bond motifs is 2. The number of aryl methyl sites for hydroxylation is 2. The van der Waals surface area contributed by atoms with E-state index in [2.05, 4.69) is 15.2 Å². The zero-order valence-corrected chi connectivity index (χ0v) is 15.8. The minimum Gasteiger partial charge on any atom is -0.417 e. The van der Waals surface area contributed by atoms with Crippen molar-refractivity contribution in [1.82, 2.24) is 25.1 Å². The van der Waals surface area contributed by atoms with Crippen LogP contribution in [0.3, 0.4) is 0 Å². The van der Waals surface area contributed by atoms with E-state index in [1.54, 1.807) is 6.92 Å². The van der Waals surface area contributed by atoms with Gasteiger partial charge in [-0.05, 0) is 31.2 Å². The zero-order chi connectivity index (χ0) is 19.1. The highest BCUT2D eigenvalue weighted by molar-refractivity contribution is 5.89. The van der Waals surface area contributed by atoms with E-state index in [4.69, 9.17) is 9.40 Å². The molecule has 2 aromatic heterocycles. The van der Waals surface area contributed by atoms with Crippen molar-refractivity contribution in [2.75, 3.05) is 13.1 Å². The van der Waals surface area contributed by atoms with Crippen LogP contribution >= 0.6 is 0 Å². The second-order valence-corrected chi connectivity index (χ2v) is 7.67. The summed E-state index contributed by atoms with van der Waals surface area (Å²) in [4.78, 5) is 24.2. The predicted octanol–water partition coefficient (Wildman–Crippen LogP) is 2.96. The van der Waals surface area contributed by atoms with Gasteiger partial charge in [0.05, 0.1) is 5.69 Å². The Morgan fingerprint density at radius 2 is 2.04 bits per heavy atom. The van der Waals surface area contributed by atoms with E-state index in [1.165, 1.54) is 5.56 Å². The molecule has 1 unspecified atom stereocenters. The molecule has 0 radical (unpaired) electrons. The highest BCUT2D eigenvalue weighted by Crippen LogP contribution is 2.44. The summed E-state index contributed by atoms with van der Waals surface area (Å²) in [7, 11) is 0. The van der Waals surface area contributed by atoms with E-state index in [9.17, 15) is 4.79 Å². The molecule has 1 fully saturated rings. The van der Waals surface area contributed by atoms with Crippen LogP contribution in [0.25, 0.3) is 11.4 Å². The van der Waals surface area contributed by atoms with Crippen LogP contribution in [0.5, 0.6) is 0 Å². The molecule has 1 amide bonds. The van der Waals surface area contributed by atoms with Crippen molar-refractivity contribution in [1.29, 1.82) is 0 Å². The molecule has 5 rings (SSSR count). The number of carbonyl (C=O) groups excluding carboxylic acids is 1. The topological polar surface area (TPSA) is 85.0 Å². The Balaban J connectivity index is 1.47. The van der Waals surface area contributed by atoms with Gasteiger partial charge in [-0.25, -0.2) is 9.97 Å². The molecule has 0 bridgehead atoms. The first-order valence-corrected chi connectivity index (χ1v) is 9.66. The van der Waals surface area contributed by atoms with E-state index >= 15 is 0 Å². The van der Waals surface area contributed by atoms with Crippen LogP contribution in [-0.4, -0.2) is 44.1 Å². The number of amides is 1. The minimum absolute atomic E-state index is 0.0698. The fourth-order valence-electron chi connectivity index (χ4n) is 4.49. The minimum atomic E-state index is -0.189. The summed E-state index contributed by atoms with van der Waals surface area (Å²) in [6.45, 7) is 3.02. The van der Waals surface area contributed by atoms with E-state index in [-0.39, 0.29) is 17.2 Å². The summed E-state index contributed by atoms with van der Waals surface area (Å²) in [5.41, 5.74) is 3.19. The molecule has 142 valence electrons. The molecular weight excluding hydrogens is 354 g/mol. The number of piperidine rings is 1. The lowest BCUT2D eigenvalue weighted by molar-refractivity contribution is 0.0592. The molecule has 1 spiro atoms. The molecule has 2 aliphatic rings. The zero-order valence-electron chi connectivity index (χ0n) is 15.8. The molecule has 1 aliphatic carbocycles. The summed E-state index contributed by atoms with van der Waals surface area (Å²) in [6.07, 6.45) is 5.86. The first-order chi connectivity index (χ1) is 13.6. The Morgan fingerprint density at radius 3 is 2.82 bits per heavy atom. The summed E-state index contributed by atoms with van der Waals surface area (Å²) < 4.78 is 5.36. The van der Waals surface area contributed by atoms with Gasteiger partial charge in [0, 0.05) is 37.2 Å². The number of nitrogens with zero attached hydrogens (tertiary/aromatic N) is 5. The van der Waals surface area contributed by atoms with Crippen LogP contribution in [0, 0.1) is 6.92 Å².